The summed E-state index contributed by atoms with van der Waals surface area (Å²) in [5, 5.41) is 3.09. The number of hydrogen-bond donors (Lipinski definition) is 5. The first-order chi connectivity index (χ1) is 12.2. The number of thioether (sulfide) groups is 1. The van der Waals surface area contributed by atoms with E-state index >= 15 is 0 Å². The van der Waals surface area contributed by atoms with E-state index in [-0.39, 0.29) is 6.54 Å². The molecule has 0 fully saturated rings. The van der Waals surface area contributed by atoms with E-state index in [1.54, 1.807) is 30.2 Å². The molecule has 0 atom stereocenters. The maximum Gasteiger partial charge on any atom is 0.354 e. The molecule has 0 aliphatic heterocycles. The van der Waals surface area contributed by atoms with Crippen molar-refractivity contribution in [1.29, 1.82) is 0 Å². The number of nitrogens with zero attached hydrogens (tertiary/aromatic N) is 2. The third-order valence-electron chi connectivity index (χ3n) is 3.56. The molecule has 26 heavy (non-hydrogen) atoms. The Morgan fingerprint density at radius 3 is 1.92 bits per heavy atom. The van der Waals surface area contributed by atoms with Crippen LogP contribution in [0.2, 0.25) is 0 Å². The Bertz CT molecular complexity index is 576. The highest BCUT2D eigenvalue weighted by Gasteiger charge is 2.42. The smallest absolute Gasteiger partial charge is 0.323 e. The van der Waals surface area contributed by atoms with Crippen LogP contribution in [0.4, 0.5) is 0 Å². The molecule has 9 nitrogen and oxygen atoms in total. The molecule has 0 unspecified atom stereocenters. The Labute approximate surface area is 157 Å². The van der Waals surface area contributed by atoms with Crippen molar-refractivity contribution in [3.05, 3.63) is 18.5 Å². The molecule has 0 bridgehead atoms. The quantitative estimate of drug-likeness (QED) is 0.130. The Kier molecular flexibility index (Phi) is 11.1. The fourth-order valence-electron chi connectivity index (χ4n) is 2.30. The maximum atomic E-state index is 11.1. The van der Waals surface area contributed by atoms with Crippen molar-refractivity contribution in [2.75, 3.05) is 12.3 Å². The zero-order chi connectivity index (χ0) is 19.5. The molecule has 0 aliphatic carbocycles. The standard InChI is InChI=1S/C14H27N3O6P2S/c18-24(19,20)14(25(21,22)23)17-9-6-4-2-1-3-5-7-12-26-13-15-10-8-11-16-13/h8,10-11,14,17H,1-7,9,12H2,(H2,18,19,20)(H2,21,22,23). The number of unbranched alkanes of at least 4 members (excludes halogenated alkanes) is 6. The van der Waals surface area contributed by atoms with Gasteiger partial charge in [-0.3, -0.25) is 14.4 Å². The molecule has 0 amide bonds. The van der Waals surface area contributed by atoms with E-state index in [2.05, 4.69) is 15.3 Å². The zero-order valence-corrected chi connectivity index (χ0v) is 17.1. The minimum absolute atomic E-state index is 0.161. The molecular formula is C14H27N3O6P2S. The van der Waals surface area contributed by atoms with Crippen LogP contribution in [0, 0.1) is 0 Å². The van der Waals surface area contributed by atoms with Crippen LogP contribution in [0.1, 0.15) is 44.9 Å². The highest BCUT2D eigenvalue weighted by molar-refractivity contribution is 7.99. The summed E-state index contributed by atoms with van der Waals surface area (Å²) in [6, 6.07) is 1.79. The molecule has 1 aromatic rings. The van der Waals surface area contributed by atoms with Crippen LogP contribution in [0.15, 0.2) is 23.6 Å². The number of hydrogen-bond acceptors (Lipinski definition) is 6. The first kappa shape index (κ1) is 23.7. The highest BCUT2D eigenvalue weighted by Crippen LogP contribution is 2.58. The van der Waals surface area contributed by atoms with Gasteiger partial charge < -0.3 is 19.6 Å². The second kappa shape index (κ2) is 12.2. The second-order valence-corrected chi connectivity index (χ2v) is 10.7. The second-order valence-electron chi connectivity index (χ2n) is 5.86. The SMILES string of the molecule is O=P(O)(O)C(NCCCCCCCCCSc1ncccn1)P(=O)(O)O. The van der Waals surface area contributed by atoms with E-state index in [1.165, 1.54) is 0 Å². The molecule has 0 saturated carbocycles. The molecule has 1 rings (SSSR count). The van der Waals surface area contributed by atoms with Gasteiger partial charge in [0.2, 0.25) is 5.52 Å². The van der Waals surface area contributed by atoms with Crippen molar-refractivity contribution < 1.29 is 28.7 Å². The van der Waals surface area contributed by atoms with Gasteiger partial charge in [0.1, 0.15) is 0 Å². The van der Waals surface area contributed by atoms with Gasteiger partial charge in [0.25, 0.3) is 0 Å². The van der Waals surface area contributed by atoms with Crippen molar-refractivity contribution in [2.24, 2.45) is 0 Å². The lowest BCUT2D eigenvalue weighted by atomic mass is 10.1. The van der Waals surface area contributed by atoms with Gasteiger partial charge in [0.15, 0.2) is 5.16 Å². The predicted octanol–water partition coefficient (Wildman–Crippen LogP) is 2.53. The lowest BCUT2D eigenvalue weighted by Gasteiger charge is -2.20. The van der Waals surface area contributed by atoms with E-state index < -0.39 is 20.7 Å². The van der Waals surface area contributed by atoms with Crippen molar-refractivity contribution in [1.82, 2.24) is 15.3 Å². The molecule has 0 saturated heterocycles. The van der Waals surface area contributed by atoms with E-state index in [4.69, 9.17) is 19.6 Å². The normalized spacial score (nSPS) is 12.7. The van der Waals surface area contributed by atoms with Crippen LogP contribution in [0.25, 0.3) is 0 Å². The Morgan fingerprint density at radius 1 is 0.885 bits per heavy atom. The van der Waals surface area contributed by atoms with Gasteiger partial charge in [0, 0.05) is 18.1 Å². The van der Waals surface area contributed by atoms with E-state index in [0.717, 1.165) is 49.4 Å². The van der Waals surface area contributed by atoms with Crippen LogP contribution in [-0.2, 0) is 9.13 Å². The van der Waals surface area contributed by atoms with Crippen LogP contribution in [0.5, 0.6) is 0 Å². The molecule has 150 valence electrons. The molecule has 1 heterocycles. The number of nitrogens with one attached hydrogen (secondary N) is 1. The summed E-state index contributed by atoms with van der Waals surface area (Å²) in [6.45, 7) is 0.161. The monoisotopic (exact) mass is 427 g/mol. The minimum atomic E-state index is -4.88. The van der Waals surface area contributed by atoms with Gasteiger partial charge in [-0.05, 0) is 25.5 Å². The topological polar surface area (TPSA) is 153 Å². The van der Waals surface area contributed by atoms with Crippen molar-refractivity contribution in [3.63, 3.8) is 0 Å². The molecule has 12 heteroatoms. The van der Waals surface area contributed by atoms with Crippen molar-refractivity contribution >= 4 is 27.0 Å². The van der Waals surface area contributed by atoms with E-state index in [9.17, 15) is 9.13 Å². The summed E-state index contributed by atoms with van der Waals surface area (Å²) in [4.78, 5) is 44.2. The van der Waals surface area contributed by atoms with Gasteiger partial charge in [-0.15, -0.1) is 0 Å². The van der Waals surface area contributed by atoms with E-state index in [0.29, 0.717) is 6.42 Å². The lowest BCUT2D eigenvalue weighted by Crippen LogP contribution is -2.29. The van der Waals surface area contributed by atoms with Gasteiger partial charge in [0.05, 0.1) is 0 Å². The summed E-state index contributed by atoms with van der Waals surface area (Å²) in [5.74, 6) is 0.986. The predicted molar refractivity (Wildman–Crippen MR) is 101 cm³/mol. The molecule has 5 N–H and O–H groups in total. The van der Waals surface area contributed by atoms with Gasteiger partial charge in [-0.25, -0.2) is 9.97 Å². The van der Waals surface area contributed by atoms with Crippen LogP contribution >= 0.6 is 27.0 Å². The molecule has 0 radical (unpaired) electrons. The molecular weight excluding hydrogens is 400 g/mol. The lowest BCUT2D eigenvalue weighted by molar-refractivity contribution is 0.327. The molecule has 1 aromatic heterocycles. The largest absolute Gasteiger partial charge is 0.354 e. The first-order valence-corrected chi connectivity index (χ1v) is 12.8. The van der Waals surface area contributed by atoms with E-state index in [1.807, 2.05) is 0 Å². The third-order valence-corrected chi connectivity index (χ3v) is 7.96. The summed E-state index contributed by atoms with van der Waals surface area (Å²) < 4.78 is 22.2. The Balaban J connectivity index is 1.99. The van der Waals surface area contributed by atoms with Crippen molar-refractivity contribution in [3.8, 4) is 0 Å². The van der Waals surface area contributed by atoms with Crippen molar-refractivity contribution in [2.45, 2.75) is 55.6 Å². The molecule has 0 aromatic carbocycles. The summed E-state index contributed by atoms with van der Waals surface area (Å²) in [5.41, 5.74) is -2.11. The third kappa shape index (κ3) is 10.7. The minimum Gasteiger partial charge on any atom is -0.323 e. The maximum absolute atomic E-state index is 11.1. The summed E-state index contributed by atoms with van der Waals surface area (Å²) in [6.07, 6.45) is 10.3. The zero-order valence-electron chi connectivity index (χ0n) is 14.5. The highest BCUT2D eigenvalue weighted by atomic mass is 32.2. The Hall–Kier alpha value is -0.310. The summed E-state index contributed by atoms with van der Waals surface area (Å²) >= 11 is 1.64. The Morgan fingerprint density at radius 2 is 1.38 bits per heavy atom. The number of rotatable bonds is 14. The molecule has 0 spiro atoms. The van der Waals surface area contributed by atoms with Gasteiger partial charge in [-0.2, -0.15) is 0 Å². The fraction of sp³-hybridized carbons (Fsp3) is 0.714. The van der Waals surface area contributed by atoms with Crippen LogP contribution in [0.3, 0.4) is 0 Å². The van der Waals surface area contributed by atoms with Crippen LogP contribution in [-0.4, -0.2) is 47.4 Å². The average Bonchev–Trinajstić information content (AvgIpc) is 2.54. The van der Waals surface area contributed by atoms with Gasteiger partial charge in [-0.1, -0.05) is 43.9 Å². The van der Waals surface area contributed by atoms with Gasteiger partial charge >= 0.3 is 15.2 Å². The molecule has 0 aliphatic rings. The number of aromatic nitrogens is 2. The average molecular weight is 427 g/mol. The van der Waals surface area contributed by atoms with Crippen LogP contribution < -0.4 is 5.32 Å². The first-order valence-electron chi connectivity index (χ1n) is 8.45. The fourth-order valence-corrected chi connectivity index (χ4v) is 5.40. The summed E-state index contributed by atoms with van der Waals surface area (Å²) in [7, 11) is -9.76.